The fourth-order valence-corrected chi connectivity index (χ4v) is 3.37. The van der Waals surface area contributed by atoms with Gasteiger partial charge in [-0.2, -0.15) is 8.42 Å². The fourth-order valence-electron chi connectivity index (χ4n) is 2.82. The summed E-state index contributed by atoms with van der Waals surface area (Å²) in [5.74, 6) is 0.544. The minimum absolute atomic E-state index is 0.0746. The third kappa shape index (κ3) is 7.46. The van der Waals surface area contributed by atoms with Crippen molar-refractivity contribution in [3.05, 3.63) is 23.8 Å². The van der Waals surface area contributed by atoms with Gasteiger partial charge in [0.1, 0.15) is 24.1 Å². The number of β-lactam (4-membered cyclic amide) rings is 1. The summed E-state index contributed by atoms with van der Waals surface area (Å²) in [6, 6.07) is 3.15. The summed E-state index contributed by atoms with van der Waals surface area (Å²) in [7, 11) is -0.820. The number of carbonyl (C=O) groups excluding carboxylic acids is 2. The van der Waals surface area contributed by atoms with E-state index in [2.05, 4.69) is 5.32 Å². The maximum Gasteiger partial charge on any atom is 0.408 e. The number of ether oxygens (including phenoxy) is 3. The predicted molar refractivity (Wildman–Crippen MR) is 113 cm³/mol. The minimum atomic E-state index is -3.79. The molecule has 1 saturated heterocycles. The highest BCUT2D eigenvalue weighted by molar-refractivity contribution is 7.85. The lowest BCUT2D eigenvalue weighted by atomic mass is 9.94. The largest absolute Gasteiger partial charge is 0.497 e. The van der Waals surface area contributed by atoms with Gasteiger partial charge in [-0.1, -0.05) is 34.8 Å². The Balaban J connectivity index is 2.15. The van der Waals surface area contributed by atoms with Crippen molar-refractivity contribution in [1.82, 2.24) is 10.2 Å². The minimum Gasteiger partial charge on any atom is -0.497 e. The molecule has 0 saturated carbocycles. The molecule has 0 radical (unpaired) electrons. The molecule has 1 heterocycles. The fraction of sp³-hybridized carbons (Fsp3) is 0.529. The van der Waals surface area contributed by atoms with Gasteiger partial charge >= 0.3 is 6.09 Å². The number of hydrogen-bond acceptors (Lipinski definition) is 8. The van der Waals surface area contributed by atoms with Crippen molar-refractivity contribution in [1.29, 1.82) is 0 Å². The second-order valence-electron chi connectivity index (χ2n) is 6.51. The first-order valence-electron chi connectivity index (χ1n) is 8.70. The molecule has 2 amide bonds. The molecule has 1 aliphatic rings. The standard InChI is InChI=1S/C17H21Cl3N2O8S/c1-27-11-5-4-10(13(6-11)28-2)7-22-12(8-30-31(3,25)26)14(15(22)23)21-16(24)29-9-17(18,19)20/h4-6,12,14H,7-9H2,1-3H3,(H,21,24). The number of amides is 2. The van der Waals surface area contributed by atoms with Gasteiger partial charge in [-0.05, 0) is 12.1 Å². The Morgan fingerprint density at radius 1 is 1.23 bits per heavy atom. The van der Waals surface area contributed by atoms with Crippen LogP contribution in [0.25, 0.3) is 0 Å². The van der Waals surface area contributed by atoms with Crippen LogP contribution in [0.1, 0.15) is 5.56 Å². The summed E-state index contributed by atoms with van der Waals surface area (Å²) < 4.78 is 41.1. The SMILES string of the molecule is COc1ccc(CN2C(=O)C(NC(=O)OCC(Cl)(Cl)Cl)C2COS(C)(=O)=O)c(OC)c1. The Kier molecular flexibility index (Phi) is 8.51. The molecule has 1 fully saturated rings. The highest BCUT2D eigenvalue weighted by atomic mass is 35.6. The number of nitrogens with zero attached hydrogens (tertiary/aromatic N) is 1. The molecule has 1 aromatic carbocycles. The zero-order valence-corrected chi connectivity index (χ0v) is 19.8. The van der Waals surface area contributed by atoms with E-state index in [-0.39, 0.29) is 13.2 Å². The molecule has 0 aliphatic carbocycles. The van der Waals surface area contributed by atoms with E-state index in [4.69, 9.17) is 53.2 Å². The summed E-state index contributed by atoms with van der Waals surface area (Å²) >= 11 is 16.6. The smallest absolute Gasteiger partial charge is 0.408 e. The predicted octanol–water partition coefficient (Wildman–Crippen LogP) is 1.86. The van der Waals surface area contributed by atoms with Gasteiger partial charge in [-0.3, -0.25) is 8.98 Å². The number of carbonyl (C=O) groups is 2. The summed E-state index contributed by atoms with van der Waals surface area (Å²) in [6.45, 7) is -0.842. The number of benzene rings is 1. The Labute approximate surface area is 194 Å². The molecule has 1 aliphatic heterocycles. The molecular formula is C17H21Cl3N2O8S. The van der Waals surface area contributed by atoms with E-state index in [1.54, 1.807) is 18.2 Å². The zero-order chi connectivity index (χ0) is 23.4. The van der Waals surface area contributed by atoms with E-state index in [1.165, 1.54) is 19.1 Å². The quantitative estimate of drug-likeness (QED) is 0.298. The molecule has 0 spiro atoms. The van der Waals surface area contributed by atoms with Gasteiger partial charge in [-0.15, -0.1) is 0 Å². The van der Waals surface area contributed by atoms with Crippen LogP contribution < -0.4 is 14.8 Å². The number of rotatable bonds is 9. The van der Waals surface area contributed by atoms with Crippen LogP contribution in [-0.4, -0.2) is 74.9 Å². The first kappa shape index (κ1) is 25.6. The summed E-state index contributed by atoms with van der Waals surface area (Å²) in [6.07, 6.45) is -0.127. The van der Waals surface area contributed by atoms with Gasteiger partial charge in [0.05, 0.1) is 33.1 Å². The van der Waals surface area contributed by atoms with Crippen molar-refractivity contribution >= 4 is 56.9 Å². The Morgan fingerprint density at radius 3 is 2.45 bits per heavy atom. The van der Waals surface area contributed by atoms with Crippen LogP contribution in [-0.2, 0) is 30.4 Å². The van der Waals surface area contributed by atoms with Crippen LogP contribution >= 0.6 is 34.8 Å². The number of alkyl carbamates (subject to hydrolysis) is 1. The number of halogens is 3. The summed E-state index contributed by atoms with van der Waals surface area (Å²) in [5.41, 5.74) is 0.637. The molecule has 31 heavy (non-hydrogen) atoms. The monoisotopic (exact) mass is 518 g/mol. The van der Waals surface area contributed by atoms with E-state index < -0.39 is 44.6 Å². The van der Waals surface area contributed by atoms with E-state index in [0.717, 1.165) is 6.26 Å². The van der Waals surface area contributed by atoms with E-state index in [1.807, 2.05) is 0 Å². The van der Waals surface area contributed by atoms with Crippen LogP contribution in [0.5, 0.6) is 11.5 Å². The van der Waals surface area contributed by atoms with Gasteiger partial charge in [0.2, 0.25) is 9.70 Å². The van der Waals surface area contributed by atoms with Gasteiger partial charge in [-0.25, -0.2) is 4.79 Å². The first-order chi connectivity index (χ1) is 14.3. The van der Waals surface area contributed by atoms with Crippen molar-refractivity contribution in [3.8, 4) is 11.5 Å². The summed E-state index contributed by atoms with van der Waals surface area (Å²) in [5, 5.41) is 2.33. The lowest BCUT2D eigenvalue weighted by molar-refractivity contribution is -0.153. The molecule has 0 bridgehead atoms. The molecule has 1 N–H and O–H groups in total. The van der Waals surface area contributed by atoms with Crippen LogP contribution in [0.3, 0.4) is 0 Å². The Hall–Kier alpha value is -1.66. The van der Waals surface area contributed by atoms with Gasteiger partial charge < -0.3 is 24.4 Å². The average Bonchev–Trinajstić information content (AvgIpc) is 2.68. The number of likely N-dealkylation sites (tertiary alicyclic amines) is 1. The molecule has 0 aromatic heterocycles. The average molecular weight is 520 g/mol. The maximum atomic E-state index is 12.7. The second-order valence-corrected chi connectivity index (χ2v) is 10.7. The number of hydrogen-bond donors (Lipinski definition) is 1. The van der Waals surface area contributed by atoms with Crippen LogP contribution in [0.2, 0.25) is 0 Å². The van der Waals surface area contributed by atoms with E-state index in [0.29, 0.717) is 17.1 Å². The summed E-state index contributed by atoms with van der Waals surface area (Å²) in [4.78, 5) is 26.0. The molecule has 174 valence electrons. The lowest BCUT2D eigenvalue weighted by Crippen LogP contribution is -2.71. The highest BCUT2D eigenvalue weighted by Gasteiger charge is 2.49. The lowest BCUT2D eigenvalue weighted by Gasteiger charge is -2.46. The van der Waals surface area contributed by atoms with Crippen molar-refractivity contribution < 1.29 is 36.4 Å². The van der Waals surface area contributed by atoms with Gasteiger partial charge in [0.15, 0.2) is 0 Å². The molecule has 1 aromatic rings. The number of nitrogens with one attached hydrogen (secondary N) is 1. The number of alkyl halides is 3. The maximum absolute atomic E-state index is 12.7. The van der Waals surface area contributed by atoms with Crippen molar-refractivity contribution in [2.45, 2.75) is 22.4 Å². The van der Waals surface area contributed by atoms with Gasteiger partial charge in [0.25, 0.3) is 10.1 Å². The van der Waals surface area contributed by atoms with E-state index >= 15 is 0 Å². The zero-order valence-electron chi connectivity index (χ0n) is 16.8. The van der Waals surface area contributed by atoms with Crippen molar-refractivity contribution in [2.75, 3.05) is 33.7 Å². The Bertz CT molecular complexity index is 922. The molecule has 10 nitrogen and oxygen atoms in total. The molecule has 2 rings (SSSR count). The normalized spacial score (nSPS) is 18.9. The first-order valence-corrected chi connectivity index (χ1v) is 11.7. The van der Waals surface area contributed by atoms with Crippen LogP contribution in [0.4, 0.5) is 4.79 Å². The van der Waals surface area contributed by atoms with Crippen LogP contribution in [0, 0.1) is 0 Å². The third-order valence-electron chi connectivity index (χ3n) is 4.26. The number of methoxy groups -OCH3 is 2. The van der Waals surface area contributed by atoms with Crippen molar-refractivity contribution in [2.24, 2.45) is 0 Å². The molecule has 2 atom stereocenters. The molecule has 2 unspecified atom stereocenters. The third-order valence-corrected chi connectivity index (χ3v) is 5.15. The van der Waals surface area contributed by atoms with Crippen molar-refractivity contribution in [3.63, 3.8) is 0 Å². The van der Waals surface area contributed by atoms with E-state index in [9.17, 15) is 18.0 Å². The van der Waals surface area contributed by atoms with Crippen LogP contribution in [0.15, 0.2) is 18.2 Å². The topological polar surface area (TPSA) is 120 Å². The highest BCUT2D eigenvalue weighted by Crippen LogP contribution is 2.30. The Morgan fingerprint density at radius 2 is 1.90 bits per heavy atom. The molecule has 14 heteroatoms. The molecular weight excluding hydrogens is 499 g/mol. The van der Waals surface area contributed by atoms with Gasteiger partial charge in [0, 0.05) is 18.2 Å². The second kappa shape index (κ2) is 10.3.